The predicted octanol–water partition coefficient (Wildman–Crippen LogP) is 4.62. The van der Waals surface area contributed by atoms with Crippen molar-refractivity contribution in [3.63, 3.8) is 0 Å². The number of thioether (sulfide) groups is 1. The molecule has 0 aliphatic carbocycles. The van der Waals surface area contributed by atoms with Crippen molar-refractivity contribution >= 4 is 11.8 Å². The van der Waals surface area contributed by atoms with E-state index in [2.05, 4.69) is 50.9 Å². The fourth-order valence-corrected chi connectivity index (χ4v) is 3.69. The number of rotatable bonds is 6. The molecule has 4 aromatic rings. The lowest BCUT2D eigenvalue weighted by Crippen LogP contribution is -2.00. The van der Waals surface area contributed by atoms with Crippen molar-refractivity contribution in [2.75, 3.05) is 0 Å². The highest BCUT2D eigenvalue weighted by atomic mass is 32.2. The maximum absolute atomic E-state index is 5.39. The van der Waals surface area contributed by atoms with Gasteiger partial charge in [0.2, 0.25) is 11.7 Å². The van der Waals surface area contributed by atoms with Gasteiger partial charge in [-0.3, -0.25) is 0 Å². The van der Waals surface area contributed by atoms with Gasteiger partial charge >= 0.3 is 0 Å². The summed E-state index contributed by atoms with van der Waals surface area (Å²) in [4.78, 5) is 4.47. The van der Waals surface area contributed by atoms with Crippen molar-refractivity contribution in [2.24, 2.45) is 0 Å². The molecule has 2 heterocycles. The standard InChI is InChI=1S/C20H19N5OS/c1-3-25-19(16-12-8-7-9-14(16)2)22-23-20(25)27-13-17-21-18(24-26-17)15-10-5-4-6-11-15/h4-12H,3,13H2,1-2H3. The Balaban J connectivity index is 1.53. The molecular weight excluding hydrogens is 358 g/mol. The van der Waals surface area contributed by atoms with Crippen LogP contribution in [0.1, 0.15) is 18.4 Å². The van der Waals surface area contributed by atoms with E-state index in [9.17, 15) is 0 Å². The molecule has 0 N–H and O–H groups in total. The number of hydrogen-bond acceptors (Lipinski definition) is 6. The van der Waals surface area contributed by atoms with Crippen molar-refractivity contribution in [3.8, 4) is 22.8 Å². The van der Waals surface area contributed by atoms with Crippen LogP contribution in [0, 0.1) is 6.92 Å². The van der Waals surface area contributed by atoms with Gasteiger partial charge in [-0.2, -0.15) is 4.98 Å². The molecule has 0 radical (unpaired) electrons. The Morgan fingerprint density at radius 1 is 1.00 bits per heavy atom. The normalized spacial score (nSPS) is 11.0. The minimum atomic E-state index is 0.547. The molecule has 4 rings (SSSR count). The molecule has 0 aliphatic heterocycles. The summed E-state index contributed by atoms with van der Waals surface area (Å²) in [6, 6.07) is 18.0. The van der Waals surface area contributed by atoms with Crippen molar-refractivity contribution in [2.45, 2.75) is 31.3 Å². The minimum Gasteiger partial charge on any atom is -0.338 e. The summed E-state index contributed by atoms with van der Waals surface area (Å²) in [5.74, 6) is 2.60. The van der Waals surface area contributed by atoms with Gasteiger partial charge in [0, 0.05) is 17.7 Å². The second-order valence-corrected chi connectivity index (χ2v) is 6.97. The Bertz CT molecular complexity index is 1040. The van der Waals surface area contributed by atoms with Gasteiger partial charge < -0.3 is 9.09 Å². The van der Waals surface area contributed by atoms with Crippen LogP contribution in [0.4, 0.5) is 0 Å². The summed E-state index contributed by atoms with van der Waals surface area (Å²) in [6.07, 6.45) is 0. The first-order valence-corrected chi connectivity index (χ1v) is 9.75. The van der Waals surface area contributed by atoms with Crippen LogP contribution in [0.3, 0.4) is 0 Å². The van der Waals surface area contributed by atoms with E-state index >= 15 is 0 Å². The van der Waals surface area contributed by atoms with Gasteiger partial charge in [-0.15, -0.1) is 10.2 Å². The van der Waals surface area contributed by atoms with Gasteiger partial charge in [-0.1, -0.05) is 71.5 Å². The molecule has 6 nitrogen and oxygen atoms in total. The third-order valence-corrected chi connectivity index (χ3v) is 5.20. The molecular formula is C20H19N5OS. The summed E-state index contributed by atoms with van der Waals surface area (Å²) < 4.78 is 7.50. The molecule has 7 heteroatoms. The molecule has 0 fully saturated rings. The Kier molecular flexibility index (Phi) is 5.02. The van der Waals surface area contributed by atoms with Crippen molar-refractivity contribution in [3.05, 3.63) is 66.1 Å². The van der Waals surface area contributed by atoms with Crippen LogP contribution in [0.5, 0.6) is 0 Å². The molecule has 0 spiro atoms. The zero-order chi connectivity index (χ0) is 18.6. The molecule has 136 valence electrons. The van der Waals surface area contributed by atoms with E-state index < -0.39 is 0 Å². The molecule has 2 aromatic heterocycles. The highest BCUT2D eigenvalue weighted by molar-refractivity contribution is 7.98. The van der Waals surface area contributed by atoms with Gasteiger partial charge in [0.05, 0.1) is 5.75 Å². The molecule has 0 aliphatic rings. The minimum absolute atomic E-state index is 0.547. The summed E-state index contributed by atoms with van der Waals surface area (Å²) in [6.45, 7) is 4.97. The molecule has 0 saturated heterocycles. The highest BCUT2D eigenvalue weighted by Gasteiger charge is 2.16. The summed E-state index contributed by atoms with van der Waals surface area (Å²) in [5, 5.41) is 13.7. The van der Waals surface area contributed by atoms with Crippen molar-refractivity contribution < 1.29 is 4.52 Å². The Morgan fingerprint density at radius 3 is 2.56 bits per heavy atom. The average Bonchev–Trinajstić information content (AvgIpc) is 3.34. The van der Waals surface area contributed by atoms with E-state index in [0.29, 0.717) is 17.5 Å². The highest BCUT2D eigenvalue weighted by Crippen LogP contribution is 2.28. The van der Waals surface area contributed by atoms with E-state index in [0.717, 1.165) is 28.7 Å². The van der Waals surface area contributed by atoms with Crippen LogP contribution in [0.2, 0.25) is 0 Å². The first kappa shape index (κ1) is 17.5. The molecule has 0 amide bonds. The second-order valence-electron chi connectivity index (χ2n) is 6.03. The number of aromatic nitrogens is 5. The first-order valence-electron chi connectivity index (χ1n) is 8.76. The summed E-state index contributed by atoms with van der Waals surface area (Å²) in [7, 11) is 0. The first-order chi connectivity index (χ1) is 13.3. The summed E-state index contributed by atoms with van der Waals surface area (Å²) >= 11 is 1.55. The number of hydrogen-bond donors (Lipinski definition) is 0. The lowest BCUT2D eigenvalue weighted by Gasteiger charge is -2.08. The number of aryl methyl sites for hydroxylation is 1. The maximum Gasteiger partial charge on any atom is 0.237 e. The molecule has 0 atom stereocenters. The molecule has 0 bridgehead atoms. The quantitative estimate of drug-likeness (QED) is 0.457. The van der Waals surface area contributed by atoms with Gasteiger partial charge in [0.15, 0.2) is 11.0 Å². The van der Waals surface area contributed by atoms with Crippen LogP contribution in [0.15, 0.2) is 64.3 Å². The van der Waals surface area contributed by atoms with Crippen LogP contribution < -0.4 is 0 Å². The molecule has 0 unspecified atom stereocenters. The van der Waals surface area contributed by atoms with Gasteiger partial charge in [-0.25, -0.2) is 0 Å². The zero-order valence-electron chi connectivity index (χ0n) is 15.2. The maximum atomic E-state index is 5.39. The Morgan fingerprint density at radius 2 is 1.78 bits per heavy atom. The second kappa shape index (κ2) is 7.75. The van der Waals surface area contributed by atoms with Gasteiger partial charge in [0.1, 0.15) is 0 Å². The average molecular weight is 377 g/mol. The lowest BCUT2D eigenvalue weighted by atomic mass is 10.1. The summed E-state index contributed by atoms with van der Waals surface area (Å²) in [5.41, 5.74) is 3.22. The van der Waals surface area contributed by atoms with Gasteiger partial charge in [0.25, 0.3) is 0 Å². The predicted molar refractivity (Wildman–Crippen MR) is 105 cm³/mol. The van der Waals surface area contributed by atoms with E-state index in [1.54, 1.807) is 11.8 Å². The smallest absolute Gasteiger partial charge is 0.237 e. The Hall–Kier alpha value is -2.93. The lowest BCUT2D eigenvalue weighted by molar-refractivity contribution is 0.391. The van der Waals surface area contributed by atoms with E-state index in [-0.39, 0.29) is 0 Å². The fourth-order valence-electron chi connectivity index (χ4n) is 2.85. The van der Waals surface area contributed by atoms with E-state index in [1.807, 2.05) is 42.5 Å². The fraction of sp³-hybridized carbons (Fsp3) is 0.200. The van der Waals surface area contributed by atoms with Crippen LogP contribution in [0.25, 0.3) is 22.8 Å². The van der Waals surface area contributed by atoms with Crippen LogP contribution in [-0.2, 0) is 12.3 Å². The number of nitrogens with zero attached hydrogens (tertiary/aromatic N) is 5. The topological polar surface area (TPSA) is 69.6 Å². The monoisotopic (exact) mass is 377 g/mol. The van der Waals surface area contributed by atoms with Crippen molar-refractivity contribution in [1.82, 2.24) is 24.9 Å². The van der Waals surface area contributed by atoms with Crippen LogP contribution in [-0.4, -0.2) is 24.9 Å². The molecule has 0 saturated carbocycles. The molecule has 2 aromatic carbocycles. The Labute approximate surface area is 161 Å². The zero-order valence-corrected chi connectivity index (χ0v) is 16.0. The van der Waals surface area contributed by atoms with Gasteiger partial charge in [-0.05, 0) is 19.4 Å². The third kappa shape index (κ3) is 3.64. The van der Waals surface area contributed by atoms with E-state index in [1.165, 1.54) is 5.56 Å². The SMILES string of the molecule is CCn1c(SCc2nc(-c3ccccc3)no2)nnc1-c1ccccc1C. The number of benzene rings is 2. The van der Waals surface area contributed by atoms with Crippen molar-refractivity contribution in [1.29, 1.82) is 0 Å². The third-order valence-electron chi connectivity index (χ3n) is 4.24. The molecule has 27 heavy (non-hydrogen) atoms. The largest absolute Gasteiger partial charge is 0.338 e. The van der Waals surface area contributed by atoms with Crippen LogP contribution >= 0.6 is 11.8 Å². The van der Waals surface area contributed by atoms with E-state index in [4.69, 9.17) is 4.52 Å².